The van der Waals surface area contributed by atoms with E-state index < -0.39 is 0 Å². The Labute approximate surface area is 132 Å². The molecule has 2 aromatic rings. The third kappa shape index (κ3) is 4.45. The van der Waals surface area contributed by atoms with Crippen LogP contribution in [0, 0.1) is 6.92 Å². The van der Waals surface area contributed by atoms with E-state index in [-0.39, 0.29) is 11.7 Å². The summed E-state index contributed by atoms with van der Waals surface area (Å²) in [5, 5.41) is 12.0. The molecule has 0 radical (unpaired) electrons. The van der Waals surface area contributed by atoms with Crippen LogP contribution in [0.4, 0.5) is 5.69 Å². The van der Waals surface area contributed by atoms with Gasteiger partial charge < -0.3 is 5.32 Å². The fourth-order valence-corrected chi connectivity index (χ4v) is 3.58. The van der Waals surface area contributed by atoms with Crippen LogP contribution in [0.1, 0.15) is 5.01 Å². The molecule has 0 bridgehead atoms. The number of nitrogens with zero attached hydrogens (tertiary/aromatic N) is 2. The van der Waals surface area contributed by atoms with Gasteiger partial charge in [-0.3, -0.25) is 4.79 Å². The van der Waals surface area contributed by atoms with Crippen molar-refractivity contribution in [2.24, 2.45) is 0 Å². The molecule has 0 saturated carbocycles. The molecule has 0 aliphatic carbocycles. The third-order valence-corrected chi connectivity index (χ3v) is 4.82. The van der Waals surface area contributed by atoms with E-state index in [2.05, 4.69) is 31.4 Å². The van der Waals surface area contributed by atoms with Crippen molar-refractivity contribution < 1.29 is 4.79 Å². The molecule has 8 heteroatoms. The molecular weight excluding hydrogens is 370 g/mol. The lowest BCUT2D eigenvalue weighted by molar-refractivity contribution is -0.113. The summed E-state index contributed by atoms with van der Waals surface area (Å²) in [6.45, 7) is 1.88. The Morgan fingerprint density at radius 2 is 2.32 bits per heavy atom. The summed E-state index contributed by atoms with van der Waals surface area (Å²) in [5.74, 6) is 0.156. The van der Waals surface area contributed by atoms with Gasteiger partial charge in [-0.05, 0) is 25.1 Å². The zero-order chi connectivity index (χ0) is 13.8. The maximum absolute atomic E-state index is 11.8. The minimum Gasteiger partial charge on any atom is -0.324 e. The number of hydrogen-bond donors (Lipinski definition) is 1. The van der Waals surface area contributed by atoms with Crippen molar-refractivity contribution >= 4 is 62.2 Å². The van der Waals surface area contributed by atoms with Crippen molar-refractivity contribution in [3.63, 3.8) is 0 Å². The normalized spacial score (nSPS) is 10.5. The first-order chi connectivity index (χ1) is 9.04. The minimum atomic E-state index is -0.123. The lowest BCUT2D eigenvalue weighted by Gasteiger charge is -2.06. The number of carbonyl (C=O) groups excluding carboxylic acids is 1. The van der Waals surface area contributed by atoms with Gasteiger partial charge in [-0.15, -0.1) is 10.2 Å². The summed E-state index contributed by atoms with van der Waals surface area (Å²) >= 11 is 12.2. The Morgan fingerprint density at radius 3 is 2.95 bits per heavy atom. The standard InChI is InChI=1S/C11H9BrClN3OS2/c1-6-15-16-11(19-6)18-5-10(17)14-9-3-2-7(12)4-8(9)13/h2-4H,5H2,1H3,(H,14,17). The SMILES string of the molecule is Cc1nnc(SCC(=O)Nc2ccc(Br)cc2Cl)s1. The molecule has 0 fully saturated rings. The Balaban J connectivity index is 1.90. The van der Waals surface area contributed by atoms with Crippen molar-refractivity contribution in [2.45, 2.75) is 11.3 Å². The second-order valence-electron chi connectivity index (χ2n) is 3.55. The summed E-state index contributed by atoms with van der Waals surface area (Å²) in [6, 6.07) is 5.31. The second-order valence-corrected chi connectivity index (χ2v) is 7.27. The minimum absolute atomic E-state index is 0.123. The van der Waals surface area contributed by atoms with E-state index in [4.69, 9.17) is 11.6 Å². The largest absolute Gasteiger partial charge is 0.324 e. The van der Waals surface area contributed by atoms with E-state index in [9.17, 15) is 4.79 Å². The molecule has 1 aromatic heterocycles. The molecule has 0 spiro atoms. The van der Waals surface area contributed by atoms with Gasteiger partial charge in [0, 0.05) is 4.47 Å². The number of benzene rings is 1. The predicted molar refractivity (Wildman–Crippen MR) is 83.2 cm³/mol. The number of carbonyl (C=O) groups is 1. The molecule has 0 aliphatic rings. The summed E-state index contributed by atoms with van der Waals surface area (Å²) in [5.41, 5.74) is 0.601. The van der Waals surface area contributed by atoms with Crippen LogP contribution in [-0.2, 0) is 4.79 Å². The van der Waals surface area contributed by atoms with Crippen LogP contribution in [0.2, 0.25) is 5.02 Å². The van der Waals surface area contributed by atoms with E-state index in [1.54, 1.807) is 12.1 Å². The van der Waals surface area contributed by atoms with Gasteiger partial charge in [0.25, 0.3) is 0 Å². The van der Waals surface area contributed by atoms with Crippen molar-refractivity contribution in [3.05, 3.63) is 32.7 Å². The molecule has 100 valence electrons. The highest BCUT2D eigenvalue weighted by molar-refractivity contribution is 9.10. The fraction of sp³-hybridized carbons (Fsp3) is 0.182. The molecular formula is C11H9BrClN3OS2. The average Bonchev–Trinajstić information content (AvgIpc) is 2.76. The monoisotopic (exact) mass is 377 g/mol. The number of halogens is 2. The van der Waals surface area contributed by atoms with Crippen molar-refractivity contribution in [1.82, 2.24) is 10.2 Å². The summed E-state index contributed by atoms with van der Waals surface area (Å²) < 4.78 is 1.66. The molecule has 0 unspecified atom stereocenters. The topological polar surface area (TPSA) is 54.9 Å². The highest BCUT2D eigenvalue weighted by Crippen LogP contribution is 2.26. The van der Waals surface area contributed by atoms with Crippen LogP contribution < -0.4 is 5.32 Å². The quantitative estimate of drug-likeness (QED) is 0.817. The number of nitrogens with one attached hydrogen (secondary N) is 1. The van der Waals surface area contributed by atoms with Crippen molar-refractivity contribution in [3.8, 4) is 0 Å². The first-order valence-corrected chi connectivity index (χ1v) is 8.19. The van der Waals surface area contributed by atoms with E-state index in [0.717, 1.165) is 13.8 Å². The molecule has 19 heavy (non-hydrogen) atoms. The number of anilines is 1. The highest BCUT2D eigenvalue weighted by Gasteiger charge is 2.09. The van der Waals surface area contributed by atoms with E-state index in [1.807, 2.05) is 13.0 Å². The molecule has 2 rings (SSSR count). The van der Waals surface area contributed by atoms with Gasteiger partial charge in [-0.2, -0.15) is 0 Å². The molecule has 4 nitrogen and oxygen atoms in total. The first-order valence-electron chi connectivity index (χ1n) is 5.22. The zero-order valence-electron chi connectivity index (χ0n) is 9.81. The Morgan fingerprint density at radius 1 is 1.53 bits per heavy atom. The first kappa shape index (κ1) is 14.8. The Kier molecular flexibility index (Phi) is 5.20. The van der Waals surface area contributed by atoms with Crippen molar-refractivity contribution in [1.29, 1.82) is 0 Å². The van der Waals surface area contributed by atoms with Gasteiger partial charge in [0.05, 0.1) is 16.5 Å². The number of amides is 1. The van der Waals surface area contributed by atoms with Gasteiger partial charge in [0.2, 0.25) is 5.91 Å². The summed E-state index contributed by atoms with van der Waals surface area (Å²) in [7, 11) is 0. The Bertz CT molecular complexity index is 605. The summed E-state index contributed by atoms with van der Waals surface area (Å²) in [6.07, 6.45) is 0. The zero-order valence-corrected chi connectivity index (χ0v) is 13.8. The van der Waals surface area contributed by atoms with E-state index in [0.29, 0.717) is 10.7 Å². The van der Waals surface area contributed by atoms with Crippen molar-refractivity contribution in [2.75, 3.05) is 11.1 Å². The molecule has 1 aromatic carbocycles. The second kappa shape index (κ2) is 6.69. The third-order valence-electron chi connectivity index (χ3n) is 2.04. The number of hydrogen-bond acceptors (Lipinski definition) is 5. The maximum Gasteiger partial charge on any atom is 0.234 e. The fourth-order valence-electron chi connectivity index (χ4n) is 1.24. The van der Waals surface area contributed by atoms with Crippen LogP contribution in [-0.4, -0.2) is 21.9 Å². The number of aromatic nitrogens is 2. The number of aryl methyl sites for hydroxylation is 1. The van der Waals surface area contributed by atoms with Crippen LogP contribution in [0.15, 0.2) is 27.0 Å². The smallest absolute Gasteiger partial charge is 0.234 e. The van der Waals surface area contributed by atoms with Gasteiger partial charge in [-0.1, -0.05) is 50.6 Å². The highest BCUT2D eigenvalue weighted by atomic mass is 79.9. The molecule has 0 atom stereocenters. The van der Waals surface area contributed by atoms with Crippen LogP contribution in [0.3, 0.4) is 0 Å². The lowest BCUT2D eigenvalue weighted by Crippen LogP contribution is -2.14. The predicted octanol–water partition coefficient (Wildman–Crippen LogP) is 3.99. The molecule has 0 aliphatic heterocycles. The molecule has 1 N–H and O–H groups in total. The van der Waals surface area contributed by atoms with Crippen LogP contribution >= 0.6 is 50.6 Å². The van der Waals surface area contributed by atoms with Crippen LogP contribution in [0.25, 0.3) is 0 Å². The molecule has 1 amide bonds. The van der Waals surface area contributed by atoms with Gasteiger partial charge >= 0.3 is 0 Å². The van der Waals surface area contributed by atoms with E-state index in [1.165, 1.54) is 23.1 Å². The number of thioether (sulfide) groups is 1. The summed E-state index contributed by atoms with van der Waals surface area (Å²) in [4.78, 5) is 11.8. The molecule has 0 saturated heterocycles. The lowest BCUT2D eigenvalue weighted by atomic mass is 10.3. The maximum atomic E-state index is 11.8. The van der Waals surface area contributed by atoms with E-state index >= 15 is 0 Å². The Hall–Kier alpha value is -0.630. The molecule has 1 heterocycles. The van der Waals surface area contributed by atoms with Crippen LogP contribution in [0.5, 0.6) is 0 Å². The average molecular weight is 379 g/mol. The van der Waals surface area contributed by atoms with Gasteiger partial charge in [-0.25, -0.2) is 0 Å². The van der Waals surface area contributed by atoms with Gasteiger partial charge in [0.1, 0.15) is 5.01 Å². The van der Waals surface area contributed by atoms with Gasteiger partial charge in [0.15, 0.2) is 4.34 Å². The number of rotatable bonds is 4.